The summed E-state index contributed by atoms with van der Waals surface area (Å²) in [5, 5.41) is 9.33. The number of fused-ring (bicyclic) bond motifs is 1. The molecule has 0 aliphatic rings. The maximum Gasteiger partial charge on any atom is 0.231 e. The number of hydrogen-bond donors (Lipinski definition) is 1. The minimum Gasteiger partial charge on any atom is -0.345 e. The Bertz CT molecular complexity index is 1220. The summed E-state index contributed by atoms with van der Waals surface area (Å²) in [5.74, 6) is 1.14. The highest BCUT2D eigenvalue weighted by Crippen LogP contribution is 2.29. The summed E-state index contributed by atoms with van der Waals surface area (Å²) in [4.78, 5) is 12.2. The molecule has 132 valence electrons. The van der Waals surface area contributed by atoms with Crippen LogP contribution < -0.4 is 0 Å². The van der Waals surface area contributed by atoms with Crippen molar-refractivity contribution in [2.24, 2.45) is 7.05 Å². The zero-order valence-electron chi connectivity index (χ0n) is 14.6. The van der Waals surface area contributed by atoms with Crippen LogP contribution in [-0.4, -0.2) is 29.9 Å². The molecule has 0 aliphatic heterocycles. The Hall–Kier alpha value is -3.74. The fourth-order valence-corrected chi connectivity index (χ4v) is 3.12. The lowest BCUT2D eigenvalue weighted by molar-refractivity contribution is 0.386. The molecule has 1 N–H and O–H groups in total. The lowest BCUT2D eigenvalue weighted by atomic mass is 10.1. The van der Waals surface area contributed by atoms with Crippen molar-refractivity contribution in [1.29, 1.82) is 0 Å². The summed E-state index contributed by atoms with van der Waals surface area (Å²) in [7, 11) is 1.89. The molecule has 7 heteroatoms. The summed E-state index contributed by atoms with van der Waals surface area (Å²) in [6, 6.07) is 12.1. The van der Waals surface area contributed by atoms with Gasteiger partial charge in [-0.25, -0.2) is 4.98 Å². The first-order chi connectivity index (χ1) is 13.3. The SMILES string of the molecule is Cn1cc(-c2cnc3[nH]cc(-c4noc(Cc5ccccc5)n4)c3c2)cn1. The normalized spacial score (nSPS) is 11.3. The number of nitrogens with zero attached hydrogens (tertiary/aromatic N) is 5. The van der Waals surface area contributed by atoms with Crippen molar-refractivity contribution in [3.8, 4) is 22.5 Å². The molecule has 4 heterocycles. The zero-order chi connectivity index (χ0) is 18.2. The van der Waals surface area contributed by atoms with E-state index in [0.29, 0.717) is 18.1 Å². The second-order valence-corrected chi connectivity index (χ2v) is 6.40. The van der Waals surface area contributed by atoms with Gasteiger partial charge in [-0.2, -0.15) is 10.1 Å². The topological polar surface area (TPSA) is 85.4 Å². The highest BCUT2D eigenvalue weighted by atomic mass is 16.5. The summed E-state index contributed by atoms with van der Waals surface area (Å²) in [6.07, 6.45) is 8.08. The Balaban J connectivity index is 1.51. The molecule has 0 saturated carbocycles. The third-order valence-corrected chi connectivity index (χ3v) is 4.48. The van der Waals surface area contributed by atoms with Gasteiger partial charge in [-0.3, -0.25) is 4.68 Å². The number of aromatic amines is 1. The van der Waals surface area contributed by atoms with Crippen LogP contribution in [0.5, 0.6) is 0 Å². The molecule has 5 aromatic rings. The molecule has 0 atom stereocenters. The Kier molecular flexibility index (Phi) is 3.57. The van der Waals surface area contributed by atoms with Gasteiger partial charge in [0.25, 0.3) is 0 Å². The predicted octanol–water partition coefficient (Wildman–Crippen LogP) is 3.60. The van der Waals surface area contributed by atoms with Crippen molar-refractivity contribution in [1.82, 2.24) is 29.9 Å². The molecule has 0 radical (unpaired) electrons. The number of hydrogen-bond acceptors (Lipinski definition) is 5. The van der Waals surface area contributed by atoms with E-state index in [1.54, 1.807) is 4.68 Å². The summed E-state index contributed by atoms with van der Waals surface area (Å²) < 4.78 is 7.22. The van der Waals surface area contributed by atoms with Gasteiger partial charge in [0.05, 0.1) is 12.6 Å². The molecule has 0 aliphatic carbocycles. The van der Waals surface area contributed by atoms with Crippen LogP contribution in [0.25, 0.3) is 33.5 Å². The lowest BCUT2D eigenvalue weighted by Crippen LogP contribution is -1.88. The van der Waals surface area contributed by atoms with Crippen LogP contribution in [0, 0.1) is 0 Å². The monoisotopic (exact) mass is 356 g/mol. The number of pyridine rings is 1. The lowest BCUT2D eigenvalue weighted by Gasteiger charge is -1.98. The smallest absolute Gasteiger partial charge is 0.231 e. The van der Waals surface area contributed by atoms with Gasteiger partial charge in [-0.15, -0.1) is 0 Å². The van der Waals surface area contributed by atoms with Crippen LogP contribution >= 0.6 is 0 Å². The Morgan fingerprint density at radius 1 is 1.11 bits per heavy atom. The van der Waals surface area contributed by atoms with Gasteiger partial charge in [0, 0.05) is 47.7 Å². The Morgan fingerprint density at radius 3 is 2.81 bits per heavy atom. The molecule has 7 nitrogen and oxygen atoms in total. The Labute approximate surface area is 154 Å². The minimum absolute atomic E-state index is 0.553. The van der Waals surface area contributed by atoms with Crippen LogP contribution in [-0.2, 0) is 13.5 Å². The van der Waals surface area contributed by atoms with Gasteiger partial charge in [0.1, 0.15) is 5.65 Å². The van der Waals surface area contributed by atoms with Crippen molar-refractivity contribution < 1.29 is 4.52 Å². The molecule has 5 rings (SSSR count). The maximum atomic E-state index is 5.45. The molecule has 4 aromatic heterocycles. The number of H-pyrrole nitrogens is 1. The van der Waals surface area contributed by atoms with Crippen molar-refractivity contribution in [2.75, 3.05) is 0 Å². The average molecular weight is 356 g/mol. The van der Waals surface area contributed by atoms with Gasteiger partial charge < -0.3 is 9.51 Å². The third-order valence-electron chi connectivity index (χ3n) is 4.48. The molecule has 27 heavy (non-hydrogen) atoms. The van der Waals surface area contributed by atoms with Gasteiger partial charge >= 0.3 is 0 Å². The molecule has 0 fully saturated rings. The van der Waals surface area contributed by atoms with Gasteiger partial charge in [0.15, 0.2) is 0 Å². The number of rotatable bonds is 4. The van der Waals surface area contributed by atoms with Crippen LogP contribution in [0.2, 0.25) is 0 Å². The largest absolute Gasteiger partial charge is 0.345 e. The molecule has 0 spiro atoms. The van der Waals surface area contributed by atoms with Gasteiger partial charge in [-0.05, 0) is 11.6 Å². The van der Waals surface area contributed by atoms with Crippen molar-refractivity contribution >= 4 is 11.0 Å². The van der Waals surface area contributed by atoms with E-state index in [9.17, 15) is 0 Å². The molecular formula is C20H16N6O. The van der Waals surface area contributed by atoms with Crippen LogP contribution in [0.4, 0.5) is 0 Å². The van der Waals surface area contributed by atoms with Crippen LogP contribution in [0.3, 0.4) is 0 Å². The number of nitrogens with one attached hydrogen (secondary N) is 1. The second-order valence-electron chi connectivity index (χ2n) is 6.40. The first-order valence-corrected chi connectivity index (χ1v) is 8.59. The van der Waals surface area contributed by atoms with Crippen molar-refractivity contribution in [3.05, 3.63) is 72.6 Å². The summed E-state index contributed by atoms with van der Waals surface area (Å²) in [6.45, 7) is 0. The fourth-order valence-electron chi connectivity index (χ4n) is 3.12. The van der Waals surface area contributed by atoms with Crippen LogP contribution in [0.1, 0.15) is 11.5 Å². The van der Waals surface area contributed by atoms with E-state index in [-0.39, 0.29) is 0 Å². The first kappa shape index (κ1) is 15.5. The average Bonchev–Trinajstić information content (AvgIpc) is 3.41. The van der Waals surface area contributed by atoms with E-state index in [0.717, 1.165) is 33.3 Å². The van der Waals surface area contributed by atoms with E-state index in [1.807, 2.05) is 62.2 Å². The molecular weight excluding hydrogens is 340 g/mol. The van der Waals surface area contributed by atoms with Gasteiger partial charge in [-0.1, -0.05) is 35.5 Å². The predicted molar refractivity (Wildman–Crippen MR) is 101 cm³/mol. The molecule has 0 unspecified atom stereocenters. The standard InChI is InChI=1S/C20H16N6O/c1-26-12-15(10-23-26)14-8-16-17(11-22-19(16)21-9-14)20-24-18(27-25-20)7-13-5-3-2-4-6-13/h2-6,8-12H,7H2,1H3,(H,21,22). The number of benzene rings is 1. The van der Waals surface area contributed by atoms with E-state index < -0.39 is 0 Å². The molecule has 0 saturated heterocycles. The highest BCUT2D eigenvalue weighted by Gasteiger charge is 2.15. The second kappa shape index (κ2) is 6.21. The first-order valence-electron chi connectivity index (χ1n) is 8.59. The minimum atomic E-state index is 0.553. The molecule has 0 bridgehead atoms. The van der Waals surface area contributed by atoms with Crippen molar-refractivity contribution in [2.45, 2.75) is 6.42 Å². The van der Waals surface area contributed by atoms with Gasteiger partial charge in [0.2, 0.25) is 11.7 Å². The summed E-state index contributed by atoms with van der Waals surface area (Å²) in [5.41, 5.74) is 4.78. The van der Waals surface area contributed by atoms with E-state index in [4.69, 9.17) is 4.52 Å². The van der Waals surface area contributed by atoms with E-state index in [2.05, 4.69) is 31.3 Å². The quantitative estimate of drug-likeness (QED) is 0.532. The highest BCUT2D eigenvalue weighted by molar-refractivity contribution is 5.93. The summed E-state index contributed by atoms with van der Waals surface area (Å²) >= 11 is 0. The fraction of sp³-hybridized carbons (Fsp3) is 0.100. The van der Waals surface area contributed by atoms with E-state index in [1.165, 1.54) is 0 Å². The molecule has 1 aromatic carbocycles. The van der Waals surface area contributed by atoms with Crippen LogP contribution in [0.15, 0.2) is 65.7 Å². The van der Waals surface area contributed by atoms with Crippen molar-refractivity contribution in [3.63, 3.8) is 0 Å². The maximum absolute atomic E-state index is 5.45. The molecule has 0 amide bonds. The number of aromatic nitrogens is 6. The van der Waals surface area contributed by atoms with E-state index >= 15 is 0 Å². The third kappa shape index (κ3) is 2.89. The zero-order valence-corrected chi connectivity index (χ0v) is 14.6. The number of aryl methyl sites for hydroxylation is 1. The Morgan fingerprint density at radius 2 is 2.00 bits per heavy atom.